The molecule has 8 aromatic carbocycles. The summed E-state index contributed by atoms with van der Waals surface area (Å²) in [6, 6.07) is 62.4. The van der Waals surface area contributed by atoms with Crippen molar-refractivity contribution < 1.29 is 0 Å². The first-order chi connectivity index (χ1) is 21.8. The third-order valence-corrected chi connectivity index (χ3v) is 9.25. The second-order valence-corrected chi connectivity index (χ2v) is 11.8. The molecule has 0 aliphatic carbocycles. The van der Waals surface area contributed by atoms with Crippen LogP contribution in [0.5, 0.6) is 0 Å². The minimum atomic E-state index is 0.0976. The molecular formula is C43H29N. The molecule has 0 saturated carbocycles. The fraction of sp³-hybridized carbons (Fsp3) is 0.0233. The van der Waals surface area contributed by atoms with E-state index in [4.69, 9.17) is 0 Å². The maximum Gasteiger partial charge on any atom is 0.0547 e. The third-order valence-electron chi connectivity index (χ3n) is 9.25. The van der Waals surface area contributed by atoms with Gasteiger partial charge in [0, 0.05) is 22.4 Å². The summed E-state index contributed by atoms with van der Waals surface area (Å²) in [6.07, 6.45) is 0. The van der Waals surface area contributed by atoms with E-state index in [2.05, 4.69) is 174 Å². The molecule has 0 aliphatic rings. The predicted molar refractivity (Wildman–Crippen MR) is 187 cm³/mol. The Morgan fingerprint density at radius 1 is 0.341 bits per heavy atom. The van der Waals surface area contributed by atoms with Gasteiger partial charge in [0.25, 0.3) is 0 Å². The standard InChI is InChI=1S/C43H29N/c1-2-13-31(14-3-1)43(35-22-21-29-11-4-6-15-32(29)25-35)38-19-10-17-34-27-40-37-18-8-9-20-41(37)44(42(40)28-39(34)38)36-24-23-30-12-5-7-16-33(30)26-36/h1-28,43H. The van der Waals surface area contributed by atoms with Gasteiger partial charge in [0.2, 0.25) is 0 Å². The highest BCUT2D eigenvalue weighted by Crippen LogP contribution is 2.41. The number of hydrogen-bond donors (Lipinski definition) is 0. The van der Waals surface area contributed by atoms with E-state index in [0.717, 1.165) is 0 Å². The van der Waals surface area contributed by atoms with Crippen LogP contribution in [0.15, 0.2) is 170 Å². The molecule has 1 unspecified atom stereocenters. The van der Waals surface area contributed by atoms with Gasteiger partial charge in [-0.25, -0.2) is 0 Å². The SMILES string of the molecule is c1ccc(C(c2ccc3ccccc3c2)c2cccc3cc4c5ccccc5n(-c5ccc6ccccc6c5)c4cc23)cc1. The minimum absolute atomic E-state index is 0.0976. The van der Waals surface area contributed by atoms with Crippen LogP contribution in [0.4, 0.5) is 0 Å². The highest BCUT2D eigenvalue weighted by molar-refractivity contribution is 6.14. The molecule has 0 fully saturated rings. The number of rotatable bonds is 4. The lowest BCUT2D eigenvalue weighted by atomic mass is 9.82. The Morgan fingerprint density at radius 2 is 1.00 bits per heavy atom. The molecule has 0 radical (unpaired) electrons. The molecule has 206 valence electrons. The van der Waals surface area contributed by atoms with Crippen LogP contribution in [0.2, 0.25) is 0 Å². The molecule has 0 aliphatic heterocycles. The molecule has 1 heterocycles. The molecule has 44 heavy (non-hydrogen) atoms. The van der Waals surface area contributed by atoms with E-state index < -0.39 is 0 Å². The number of hydrogen-bond acceptors (Lipinski definition) is 0. The monoisotopic (exact) mass is 559 g/mol. The summed E-state index contributed by atoms with van der Waals surface area (Å²) in [5.41, 5.74) is 7.56. The van der Waals surface area contributed by atoms with Gasteiger partial charge in [-0.3, -0.25) is 0 Å². The summed E-state index contributed by atoms with van der Waals surface area (Å²) in [6.45, 7) is 0. The average Bonchev–Trinajstić information content (AvgIpc) is 3.41. The number of benzene rings is 8. The summed E-state index contributed by atoms with van der Waals surface area (Å²) in [5, 5.41) is 10.1. The van der Waals surface area contributed by atoms with E-state index in [1.165, 1.54) is 76.5 Å². The quantitative estimate of drug-likeness (QED) is 0.189. The van der Waals surface area contributed by atoms with Crippen LogP contribution >= 0.6 is 0 Å². The van der Waals surface area contributed by atoms with Gasteiger partial charge in [0.1, 0.15) is 0 Å². The third kappa shape index (κ3) is 3.94. The molecule has 9 rings (SSSR count). The van der Waals surface area contributed by atoms with Gasteiger partial charge in [0.05, 0.1) is 11.0 Å². The zero-order valence-corrected chi connectivity index (χ0v) is 24.2. The second kappa shape index (κ2) is 9.97. The molecule has 0 bridgehead atoms. The largest absolute Gasteiger partial charge is 0.309 e. The van der Waals surface area contributed by atoms with Crippen molar-refractivity contribution in [2.45, 2.75) is 5.92 Å². The van der Waals surface area contributed by atoms with Crippen LogP contribution in [0, 0.1) is 0 Å². The van der Waals surface area contributed by atoms with Gasteiger partial charge >= 0.3 is 0 Å². The summed E-state index contributed by atoms with van der Waals surface area (Å²) in [4.78, 5) is 0. The second-order valence-electron chi connectivity index (χ2n) is 11.8. The zero-order chi connectivity index (χ0) is 29.0. The summed E-state index contributed by atoms with van der Waals surface area (Å²) in [7, 11) is 0. The van der Waals surface area contributed by atoms with Crippen LogP contribution < -0.4 is 0 Å². The van der Waals surface area contributed by atoms with Crippen molar-refractivity contribution in [1.82, 2.24) is 4.57 Å². The molecule has 1 atom stereocenters. The number of para-hydroxylation sites is 1. The topological polar surface area (TPSA) is 4.93 Å². The molecule has 1 heteroatoms. The van der Waals surface area contributed by atoms with E-state index in [1.807, 2.05) is 0 Å². The molecule has 1 nitrogen and oxygen atoms in total. The van der Waals surface area contributed by atoms with Gasteiger partial charge in [-0.2, -0.15) is 0 Å². The highest BCUT2D eigenvalue weighted by atomic mass is 15.0. The zero-order valence-electron chi connectivity index (χ0n) is 24.2. The Balaban J connectivity index is 1.35. The van der Waals surface area contributed by atoms with E-state index in [1.54, 1.807) is 0 Å². The molecule has 0 spiro atoms. The lowest BCUT2D eigenvalue weighted by Gasteiger charge is -2.22. The van der Waals surface area contributed by atoms with Crippen molar-refractivity contribution in [1.29, 1.82) is 0 Å². The van der Waals surface area contributed by atoms with Gasteiger partial charge in [-0.05, 0) is 79.3 Å². The van der Waals surface area contributed by atoms with E-state index in [9.17, 15) is 0 Å². The molecule has 0 N–H and O–H groups in total. The lowest BCUT2D eigenvalue weighted by Crippen LogP contribution is -2.04. The summed E-state index contributed by atoms with van der Waals surface area (Å²) in [5.74, 6) is 0.0976. The van der Waals surface area contributed by atoms with Crippen LogP contribution in [0.25, 0.3) is 59.8 Å². The number of fused-ring (bicyclic) bond motifs is 6. The van der Waals surface area contributed by atoms with Crippen molar-refractivity contribution in [2.24, 2.45) is 0 Å². The van der Waals surface area contributed by atoms with Crippen LogP contribution in [-0.2, 0) is 0 Å². The first-order valence-corrected chi connectivity index (χ1v) is 15.3. The first-order valence-electron chi connectivity index (χ1n) is 15.3. The van der Waals surface area contributed by atoms with E-state index in [-0.39, 0.29) is 5.92 Å². The Labute approximate surface area is 256 Å². The maximum atomic E-state index is 2.45. The highest BCUT2D eigenvalue weighted by Gasteiger charge is 2.21. The van der Waals surface area contributed by atoms with Crippen molar-refractivity contribution in [3.05, 3.63) is 187 Å². The van der Waals surface area contributed by atoms with Crippen molar-refractivity contribution in [3.63, 3.8) is 0 Å². The van der Waals surface area contributed by atoms with Crippen LogP contribution in [0.1, 0.15) is 22.6 Å². The van der Waals surface area contributed by atoms with Crippen molar-refractivity contribution in [2.75, 3.05) is 0 Å². The van der Waals surface area contributed by atoms with Crippen LogP contribution in [-0.4, -0.2) is 4.57 Å². The molecular weight excluding hydrogens is 530 g/mol. The van der Waals surface area contributed by atoms with Gasteiger partial charge in [-0.1, -0.05) is 140 Å². The lowest BCUT2D eigenvalue weighted by molar-refractivity contribution is 0.992. The molecule has 0 amide bonds. The predicted octanol–water partition coefficient (Wildman–Crippen LogP) is 11.4. The molecule has 0 saturated heterocycles. The molecule has 1 aromatic heterocycles. The fourth-order valence-corrected chi connectivity index (χ4v) is 7.20. The van der Waals surface area contributed by atoms with Crippen LogP contribution in [0.3, 0.4) is 0 Å². The van der Waals surface area contributed by atoms with E-state index >= 15 is 0 Å². The summed E-state index contributed by atoms with van der Waals surface area (Å²) < 4.78 is 2.45. The van der Waals surface area contributed by atoms with Crippen molar-refractivity contribution >= 4 is 54.1 Å². The molecule has 9 aromatic rings. The normalized spacial score (nSPS) is 12.5. The van der Waals surface area contributed by atoms with E-state index in [0.29, 0.717) is 0 Å². The summed E-state index contributed by atoms with van der Waals surface area (Å²) >= 11 is 0. The first kappa shape index (κ1) is 24.9. The number of aromatic nitrogens is 1. The van der Waals surface area contributed by atoms with Gasteiger partial charge < -0.3 is 4.57 Å². The Hall–Kier alpha value is -5.66. The Morgan fingerprint density at radius 3 is 1.82 bits per heavy atom. The minimum Gasteiger partial charge on any atom is -0.309 e. The fourth-order valence-electron chi connectivity index (χ4n) is 7.20. The Bertz CT molecular complexity index is 2500. The maximum absolute atomic E-state index is 2.45. The average molecular weight is 560 g/mol. The Kier molecular flexibility index (Phi) is 5.64. The smallest absolute Gasteiger partial charge is 0.0547 e. The van der Waals surface area contributed by atoms with Gasteiger partial charge in [0.15, 0.2) is 0 Å². The number of nitrogens with zero attached hydrogens (tertiary/aromatic N) is 1. The van der Waals surface area contributed by atoms with Gasteiger partial charge in [-0.15, -0.1) is 0 Å². The van der Waals surface area contributed by atoms with Crippen molar-refractivity contribution in [3.8, 4) is 5.69 Å².